The lowest BCUT2D eigenvalue weighted by Gasteiger charge is -2.27. The molecule has 16 heavy (non-hydrogen) atoms. The maximum atomic E-state index is 13.0. The zero-order chi connectivity index (χ0) is 12.3. The molecule has 0 aliphatic heterocycles. The predicted octanol–water partition coefficient (Wildman–Crippen LogP) is 2.80. The van der Waals surface area contributed by atoms with E-state index in [0.717, 1.165) is 11.1 Å². The Morgan fingerprint density at radius 1 is 1.31 bits per heavy atom. The fraction of sp³-hybridized carbons (Fsp3) is 0.538. The Morgan fingerprint density at radius 3 is 2.38 bits per heavy atom. The summed E-state index contributed by atoms with van der Waals surface area (Å²) in [5.41, 5.74) is 7.97. The van der Waals surface area contributed by atoms with Gasteiger partial charge in [0.1, 0.15) is 5.82 Å². The molecule has 0 heterocycles. The lowest BCUT2D eigenvalue weighted by Crippen LogP contribution is -2.32. The van der Waals surface area contributed by atoms with Crippen LogP contribution in [0, 0.1) is 18.7 Å². The van der Waals surface area contributed by atoms with Crippen molar-refractivity contribution in [2.24, 2.45) is 11.7 Å². The second-order valence-corrected chi connectivity index (χ2v) is 4.47. The van der Waals surface area contributed by atoms with Gasteiger partial charge in [-0.15, -0.1) is 0 Å². The fourth-order valence-electron chi connectivity index (χ4n) is 2.02. The summed E-state index contributed by atoms with van der Waals surface area (Å²) in [5.74, 6) is 0.0939. The van der Waals surface area contributed by atoms with Gasteiger partial charge in [0.25, 0.3) is 0 Å². The predicted molar refractivity (Wildman–Crippen MR) is 63.7 cm³/mol. The second-order valence-electron chi connectivity index (χ2n) is 4.47. The van der Waals surface area contributed by atoms with E-state index in [2.05, 4.69) is 13.8 Å². The maximum Gasteiger partial charge on any atom is 0.123 e. The average molecular weight is 225 g/mol. The first kappa shape index (κ1) is 13.1. The van der Waals surface area contributed by atoms with Crippen molar-refractivity contribution in [3.63, 3.8) is 0 Å². The zero-order valence-corrected chi connectivity index (χ0v) is 10.3. The number of benzene rings is 1. The molecule has 2 atom stereocenters. The second kappa shape index (κ2) is 5.41. The molecule has 0 spiro atoms. The topological polar surface area (TPSA) is 35.2 Å². The molecule has 2 unspecified atom stereocenters. The lowest BCUT2D eigenvalue weighted by molar-refractivity contribution is 0.0435. The van der Waals surface area contributed by atoms with Crippen LogP contribution in [0.3, 0.4) is 0 Å². The van der Waals surface area contributed by atoms with Crippen molar-refractivity contribution in [3.05, 3.63) is 35.1 Å². The van der Waals surface area contributed by atoms with E-state index in [1.807, 2.05) is 6.92 Å². The van der Waals surface area contributed by atoms with Crippen molar-refractivity contribution >= 4 is 0 Å². The van der Waals surface area contributed by atoms with E-state index >= 15 is 0 Å². The van der Waals surface area contributed by atoms with Gasteiger partial charge in [0.2, 0.25) is 0 Å². The molecule has 90 valence electrons. The normalized spacial score (nSPS) is 15.2. The summed E-state index contributed by atoms with van der Waals surface area (Å²) < 4.78 is 18.4. The third-order valence-corrected chi connectivity index (χ3v) is 2.87. The number of hydrogen-bond acceptors (Lipinski definition) is 2. The number of aryl methyl sites for hydroxylation is 1. The molecule has 0 saturated carbocycles. The van der Waals surface area contributed by atoms with Gasteiger partial charge < -0.3 is 10.5 Å². The van der Waals surface area contributed by atoms with Gasteiger partial charge in [0, 0.05) is 7.11 Å². The first-order chi connectivity index (χ1) is 7.47. The molecular formula is C13H20FNO. The van der Waals surface area contributed by atoms with Gasteiger partial charge in [-0.1, -0.05) is 19.9 Å². The molecule has 1 aromatic carbocycles. The van der Waals surface area contributed by atoms with E-state index in [-0.39, 0.29) is 18.0 Å². The summed E-state index contributed by atoms with van der Waals surface area (Å²) in [4.78, 5) is 0. The monoisotopic (exact) mass is 225 g/mol. The summed E-state index contributed by atoms with van der Waals surface area (Å²) in [6.45, 7) is 5.99. The summed E-state index contributed by atoms with van der Waals surface area (Å²) in [6, 6.07) is 4.46. The Hall–Kier alpha value is -0.930. The van der Waals surface area contributed by atoms with E-state index in [0.29, 0.717) is 5.92 Å². The van der Waals surface area contributed by atoms with Gasteiger partial charge in [0.05, 0.1) is 12.1 Å². The van der Waals surface area contributed by atoms with Gasteiger partial charge in [-0.25, -0.2) is 4.39 Å². The minimum absolute atomic E-state index is 0.0517. The van der Waals surface area contributed by atoms with E-state index in [9.17, 15) is 4.39 Å². The average Bonchev–Trinajstić information content (AvgIpc) is 2.17. The molecule has 3 heteroatoms. The van der Waals surface area contributed by atoms with Crippen LogP contribution in [0.4, 0.5) is 4.39 Å². The number of methoxy groups -OCH3 is 1. The highest BCUT2D eigenvalue weighted by Crippen LogP contribution is 2.25. The van der Waals surface area contributed by atoms with Gasteiger partial charge in [0.15, 0.2) is 0 Å². The summed E-state index contributed by atoms with van der Waals surface area (Å²) in [7, 11) is 1.66. The summed E-state index contributed by atoms with van der Waals surface area (Å²) in [5, 5.41) is 0. The van der Waals surface area contributed by atoms with Crippen molar-refractivity contribution in [2.45, 2.75) is 32.9 Å². The van der Waals surface area contributed by atoms with Crippen molar-refractivity contribution in [1.82, 2.24) is 0 Å². The fourth-order valence-corrected chi connectivity index (χ4v) is 2.02. The summed E-state index contributed by atoms with van der Waals surface area (Å²) >= 11 is 0. The molecule has 2 N–H and O–H groups in total. The largest absolute Gasteiger partial charge is 0.379 e. The van der Waals surface area contributed by atoms with Gasteiger partial charge >= 0.3 is 0 Å². The van der Waals surface area contributed by atoms with Crippen LogP contribution in [0.1, 0.15) is 31.0 Å². The first-order valence-electron chi connectivity index (χ1n) is 5.51. The molecule has 1 rings (SSSR count). The third-order valence-electron chi connectivity index (χ3n) is 2.87. The summed E-state index contributed by atoms with van der Waals surface area (Å²) in [6.07, 6.45) is -0.0517. The van der Waals surface area contributed by atoms with Gasteiger partial charge in [-0.2, -0.15) is 0 Å². The van der Waals surface area contributed by atoms with Crippen molar-refractivity contribution < 1.29 is 9.13 Å². The van der Waals surface area contributed by atoms with Crippen LogP contribution in [0.5, 0.6) is 0 Å². The molecule has 0 aliphatic rings. The van der Waals surface area contributed by atoms with Crippen LogP contribution in [0.2, 0.25) is 0 Å². The third kappa shape index (κ3) is 2.80. The van der Waals surface area contributed by atoms with E-state index in [1.54, 1.807) is 13.2 Å². The standard InChI is InChI=1S/C13H20FNO/c1-8(2)13(16-4)12(15)11-6-5-10(14)7-9(11)3/h5-8,12-13H,15H2,1-4H3. The van der Waals surface area contributed by atoms with Gasteiger partial charge in [-0.3, -0.25) is 0 Å². The molecule has 0 saturated heterocycles. The first-order valence-corrected chi connectivity index (χ1v) is 5.51. The quantitative estimate of drug-likeness (QED) is 0.855. The van der Waals surface area contributed by atoms with E-state index in [4.69, 9.17) is 10.5 Å². The Balaban J connectivity index is 2.99. The van der Waals surface area contributed by atoms with Crippen LogP contribution in [-0.4, -0.2) is 13.2 Å². The zero-order valence-electron chi connectivity index (χ0n) is 10.3. The molecule has 0 radical (unpaired) electrons. The molecule has 0 aromatic heterocycles. The molecular weight excluding hydrogens is 205 g/mol. The van der Waals surface area contributed by atoms with Crippen LogP contribution >= 0.6 is 0 Å². The van der Waals surface area contributed by atoms with Gasteiger partial charge in [-0.05, 0) is 36.1 Å². The minimum atomic E-state index is -0.230. The van der Waals surface area contributed by atoms with Crippen LogP contribution in [-0.2, 0) is 4.74 Å². The molecule has 0 amide bonds. The molecule has 0 fully saturated rings. The highest BCUT2D eigenvalue weighted by atomic mass is 19.1. The Labute approximate surface area is 96.6 Å². The van der Waals surface area contributed by atoms with Crippen molar-refractivity contribution in [1.29, 1.82) is 0 Å². The van der Waals surface area contributed by atoms with Crippen LogP contribution in [0.15, 0.2) is 18.2 Å². The highest BCUT2D eigenvalue weighted by Gasteiger charge is 2.23. The van der Waals surface area contributed by atoms with Crippen molar-refractivity contribution in [2.75, 3.05) is 7.11 Å². The van der Waals surface area contributed by atoms with Crippen LogP contribution < -0.4 is 5.73 Å². The highest BCUT2D eigenvalue weighted by molar-refractivity contribution is 5.30. The molecule has 2 nitrogen and oxygen atoms in total. The number of ether oxygens (including phenoxy) is 1. The minimum Gasteiger partial charge on any atom is -0.379 e. The molecule has 0 bridgehead atoms. The number of nitrogens with two attached hydrogens (primary N) is 1. The molecule has 0 aliphatic carbocycles. The number of rotatable bonds is 4. The van der Waals surface area contributed by atoms with Crippen LogP contribution in [0.25, 0.3) is 0 Å². The number of halogens is 1. The van der Waals surface area contributed by atoms with E-state index < -0.39 is 0 Å². The maximum absolute atomic E-state index is 13.0. The lowest BCUT2D eigenvalue weighted by atomic mass is 9.91. The SMILES string of the molecule is COC(C(C)C)C(N)c1ccc(F)cc1C. The molecule has 1 aromatic rings. The Kier molecular flexibility index (Phi) is 4.44. The Morgan fingerprint density at radius 2 is 1.94 bits per heavy atom. The Bertz CT molecular complexity index is 352. The van der Waals surface area contributed by atoms with Crippen molar-refractivity contribution in [3.8, 4) is 0 Å². The van der Waals surface area contributed by atoms with E-state index in [1.165, 1.54) is 12.1 Å². The smallest absolute Gasteiger partial charge is 0.123 e. The number of hydrogen-bond donors (Lipinski definition) is 1.